The molecule has 5 nitrogen and oxygen atoms in total. The average molecular weight is 333 g/mol. The molecule has 0 spiro atoms. The van der Waals surface area contributed by atoms with Crippen molar-refractivity contribution in [3.8, 4) is 11.5 Å². The van der Waals surface area contributed by atoms with Gasteiger partial charge >= 0.3 is 0 Å². The number of carbonyl (C=O) groups is 1. The van der Waals surface area contributed by atoms with E-state index in [-0.39, 0.29) is 5.91 Å². The Labute approximate surface area is 139 Å². The van der Waals surface area contributed by atoms with Crippen molar-refractivity contribution in [2.45, 2.75) is 0 Å². The van der Waals surface area contributed by atoms with Gasteiger partial charge in [-0.2, -0.15) is 0 Å². The Morgan fingerprint density at radius 3 is 2.52 bits per heavy atom. The maximum Gasteiger partial charge on any atom is 0.269 e. The van der Waals surface area contributed by atoms with Gasteiger partial charge in [-0.3, -0.25) is 15.6 Å². The molecular weight excluding hydrogens is 316 g/mol. The summed E-state index contributed by atoms with van der Waals surface area (Å²) in [6.45, 7) is 3.90. The predicted molar refractivity (Wildman–Crippen MR) is 90.6 cm³/mol. The first-order chi connectivity index (χ1) is 11.0. The van der Waals surface area contributed by atoms with Crippen LogP contribution in [0, 0.1) is 0 Å². The van der Waals surface area contributed by atoms with Crippen LogP contribution in [-0.2, 0) is 0 Å². The van der Waals surface area contributed by atoms with E-state index < -0.39 is 0 Å². The zero-order valence-corrected chi connectivity index (χ0v) is 13.6. The maximum absolute atomic E-state index is 12.1. The summed E-state index contributed by atoms with van der Waals surface area (Å²) in [6, 6.07) is 12.0. The van der Waals surface area contributed by atoms with Crippen molar-refractivity contribution in [1.82, 2.24) is 10.9 Å². The summed E-state index contributed by atoms with van der Waals surface area (Å²) < 4.78 is 10.5. The molecule has 2 aromatic rings. The molecule has 6 heteroatoms. The van der Waals surface area contributed by atoms with Gasteiger partial charge in [0.2, 0.25) is 0 Å². The largest absolute Gasteiger partial charge is 0.497 e. The quantitative estimate of drug-likeness (QED) is 0.797. The molecule has 0 aliphatic rings. The number of halogens is 1. The van der Waals surface area contributed by atoms with Gasteiger partial charge < -0.3 is 9.47 Å². The van der Waals surface area contributed by atoms with E-state index in [1.165, 1.54) is 0 Å². The molecule has 0 aromatic heterocycles. The number of nitrogens with one attached hydrogen (secondary N) is 2. The zero-order chi connectivity index (χ0) is 16.8. The molecule has 0 saturated carbocycles. The van der Waals surface area contributed by atoms with E-state index in [0.29, 0.717) is 33.3 Å². The van der Waals surface area contributed by atoms with Gasteiger partial charge in [0, 0.05) is 22.2 Å². The highest BCUT2D eigenvalue weighted by atomic mass is 35.5. The van der Waals surface area contributed by atoms with Gasteiger partial charge in [0.1, 0.15) is 11.5 Å². The second kappa shape index (κ2) is 7.56. The minimum absolute atomic E-state index is 0.318. The summed E-state index contributed by atoms with van der Waals surface area (Å²) in [4.78, 5) is 12.1. The average Bonchev–Trinajstić information content (AvgIpc) is 2.58. The van der Waals surface area contributed by atoms with Gasteiger partial charge in [-0.25, -0.2) is 0 Å². The highest BCUT2D eigenvalue weighted by molar-refractivity contribution is 6.30. The highest BCUT2D eigenvalue weighted by Gasteiger charge is 2.10. The van der Waals surface area contributed by atoms with E-state index in [1.807, 2.05) is 0 Å². The number of rotatable bonds is 6. The van der Waals surface area contributed by atoms with Crippen LogP contribution in [0.25, 0.3) is 5.70 Å². The molecule has 23 heavy (non-hydrogen) atoms. The second-order valence-electron chi connectivity index (χ2n) is 4.63. The Bertz CT molecular complexity index is 732. The van der Waals surface area contributed by atoms with E-state index in [0.717, 1.165) is 0 Å². The molecular formula is C17H17ClN2O3. The summed E-state index contributed by atoms with van der Waals surface area (Å²) in [5, 5.41) is 0.494. The Hall–Kier alpha value is -2.66. The van der Waals surface area contributed by atoms with Crippen LogP contribution in [0.4, 0.5) is 0 Å². The SMILES string of the molecule is C=C(NNC(=O)c1cccc(Cl)c1)c1ccc(OC)cc1OC. The number of hydrogen-bond acceptors (Lipinski definition) is 4. The van der Waals surface area contributed by atoms with Gasteiger partial charge in [0.05, 0.1) is 19.9 Å². The van der Waals surface area contributed by atoms with Gasteiger partial charge in [-0.15, -0.1) is 0 Å². The van der Waals surface area contributed by atoms with Crippen LogP contribution >= 0.6 is 11.6 Å². The topological polar surface area (TPSA) is 59.6 Å². The van der Waals surface area contributed by atoms with Gasteiger partial charge in [-0.05, 0) is 30.3 Å². The number of ether oxygens (including phenoxy) is 2. The number of methoxy groups -OCH3 is 2. The first kappa shape index (κ1) is 16.7. The van der Waals surface area contributed by atoms with Crippen LogP contribution in [0.1, 0.15) is 15.9 Å². The molecule has 1 amide bonds. The summed E-state index contributed by atoms with van der Waals surface area (Å²) in [7, 11) is 3.13. The van der Waals surface area contributed by atoms with Gasteiger partial charge in [0.25, 0.3) is 5.91 Å². The molecule has 0 aliphatic carbocycles. The predicted octanol–water partition coefficient (Wildman–Crippen LogP) is 3.26. The van der Waals surface area contributed by atoms with Crippen molar-refractivity contribution in [3.05, 3.63) is 65.2 Å². The standard InChI is InChI=1S/C17H17ClN2O3/c1-11(15-8-7-14(22-2)10-16(15)23-3)19-20-17(21)12-5-4-6-13(18)9-12/h4-10,19H,1H2,2-3H3,(H,20,21). The van der Waals surface area contributed by atoms with Crippen molar-refractivity contribution >= 4 is 23.2 Å². The number of carbonyl (C=O) groups excluding carboxylic acids is 1. The fourth-order valence-electron chi connectivity index (χ4n) is 1.95. The Morgan fingerprint density at radius 2 is 1.87 bits per heavy atom. The lowest BCUT2D eigenvalue weighted by Gasteiger charge is -2.15. The third-order valence-electron chi connectivity index (χ3n) is 3.15. The molecule has 2 rings (SSSR count). The van der Waals surface area contributed by atoms with Crippen LogP contribution in [0.15, 0.2) is 49.0 Å². The molecule has 0 fully saturated rings. The van der Waals surface area contributed by atoms with Crippen molar-refractivity contribution < 1.29 is 14.3 Å². The molecule has 0 atom stereocenters. The molecule has 2 aromatic carbocycles. The van der Waals surface area contributed by atoms with E-state index >= 15 is 0 Å². The van der Waals surface area contributed by atoms with E-state index in [4.69, 9.17) is 21.1 Å². The Balaban J connectivity index is 2.06. The normalized spacial score (nSPS) is 9.87. The molecule has 0 radical (unpaired) electrons. The minimum atomic E-state index is -0.318. The van der Waals surface area contributed by atoms with Crippen molar-refractivity contribution in [2.75, 3.05) is 14.2 Å². The summed E-state index contributed by atoms with van der Waals surface area (Å²) in [6.07, 6.45) is 0. The molecule has 0 aliphatic heterocycles. The Morgan fingerprint density at radius 1 is 1.09 bits per heavy atom. The van der Waals surface area contributed by atoms with Crippen molar-refractivity contribution in [1.29, 1.82) is 0 Å². The molecule has 0 bridgehead atoms. The van der Waals surface area contributed by atoms with Crippen LogP contribution in [0.5, 0.6) is 11.5 Å². The van der Waals surface area contributed by atoms with Crippen LogP contribution < -0.4 is 20.3 Å². The second-order valence-corrected chi connectivity index (χ2v) is 5.07. The highest BCUT2D eigenvalue weighted by Crippen LogP contribution is 2.28. The molecule has 0 heterocycles. The molecule has 120 valence electrons. The van der Waals surface area contributed by atoms with Crippen LogP contribution in [0.3, 0.4) is 0 Å². The van der Waals surface area contributed by atoms with Gasteiger partial charge in [-0.1, -0.05) is 24.2 Å². The number of hydrogen-bond donors (Lipinski definition) is 2. The summed E-state index contributed by atoms with van der Waals surface area (Å²) in [5.41, 5.74) is 6.98. The number of benzene rings is 2. The lowest BCUT2D eigenvalue weighted by atomic mass is 10.1. The molecule has 0 unspecified atom stereocenters. The summed E-state index contributed by atoms with van der Waals surface area (Å²) >= 11 is 5.87. The number of amides is 1. The maximum atomic E-state index is 12.1. The first-order valence-corrected chi connectivity index (χ1v) is 7.16. The molecule has 2 N–H and O–H groups in total. The minimum Gasteiger partial charge on any atom is -0.497 e. The molecule has 0 saturated heterocycles. The van der Waals surface area contributed by atoms with Crippen molar-refractivity contribution in [2.24, 2.45) is 0 Å². The lowest BCUT2D eigenvalue weighted by molar-refractivity contribution is 0.0942. The Kier molecular flexibility index (Phi) is 5.49. The fourth-order valence-corrected chi connectivity index (χ4v) is 2.14. The number of hydrazine groups is 1. The first-order valence-electron chi connectivity index (χ1n) is 6.78. The van der Waals surface area contributed by atoms with Crippen LogP contribution in [-0.4, -0.2) is 20.1 Å². The van der Waals surface area contributed by atoms with Gasteiger partial charge in [0.15, 0.2) is 0 Å². The monoisotopic (exact) mass is 332 g/mol. The van der Waals surface area contributed by atoms with E-state index in [1.54, 1.807) is 56.7 Å². The zero-order valence-electron chi connectivity index (χ0n) is 12.9. The fraction of sp³-hybridized carbons (Fsp3) is 0.118. The van der Waals surface area contributed by atoms with E-state index in [2.05, 4.69) is 17.4 Å². The summed E-state index contributed by atoms with van der Waals surface area (Å²) in [5.74, 6) is 0.932. The third-order valence-corrected chi connectivity index (χ3v) is 3.38. The van der Waals surface area contributed by atoms with Crippen molar-refractivity contribution in [3.63, 3.8) is 0 Å². The van der Waals surface area contributed by atoms with Crippen LogP contribution in [0.2, 0.25) is 5.02 Å². The van der Waals surface area contributed by atoms with E-state index in [9.17, 15) is 4.79 Å². The smallest absolute Gasteiger partial charge is 0.269 e. The lowest BCUT2D eigenvalue weighted by Crippen LogP contribution is -2.35. The third kappa shape index (κ3) is 4.17.